The maximum Gasteiger partial charge on any atom is 0.275 e. The number of hydrogen-bond acceptors (Lipinski definition) is 4. The van der Waals surface area contributed by atoms with Crippen molar-refractivity contribution in [2.75, 3.05) is 5.32 Å². The number of pyridine rings is 1. The molecule has 0 bridgehead atoms. The second kappa shape index (κ2) is 6.16. The molecule has 1 N–H and O–H groups in total. The van der Waals surface area contributed by atoms with Crippen LogP contribution in [-0.4, -0.2) is 25.5 Å². The lowest BCUT2D eigenvalue weighted by molar-refractivity contribution is 0.101. The molecular formula is C19H15N5O. The minimum absolute atomic E-state index is 0.287. The lowest BCUT2D eigenvalue weighted by Gasteiger charge is -2.05. The molecule has 0 fully saturated rings. The minimum Gasteiger partial charge on any atom is -0.305 e. The molecule has 3 heterocycles. The van der Waals surface area contributed by atoms with Crippen molar-refractivity contribution in [3.63, 3.8) is 0 Å². The second-order valence-corrected chi connectivity index (χ2v) is 5.61. The van der Waals surface area contributed by atoms with Crippen LogP contribution >= 0.6 is 0 Å². The molecule has 4 rings (SSSR count). The van der Waals surface area contributed by atoms with Crippen LogP contribution in [-0.2, 0) is 0 Å². The third-order valence-electron chi connectivity index (χ3n) is 3.92. The number of benzene rings is 1. The fourth-order valence-corrected chi connectivity index (χ4v) is 2.68. The average molecular weight is 329 g/mol. The Morgan fingerprint density at radius 2 is 1.84 bits per heavy atom. The molecule has 0 unspecified atom stereocenters. The maximum absolute atomic E-state index is 12.6. The van der Waals surface area contributed by atoms with E-state index in [0.717, 1.165) is 16.8 Å². The SMILES string of the molecule is Cc1ccccc1-c1cc2nccc(C(=O)Nc3ccccn3)n2n1. The standard InChI is InChI=1S/C19H15N5O/c1-13-6-2-3-7-14(13)15-12-18-21-11-9-16(24(18)23-15)19(25)22-17-8-4-5-10-20-17/h2-12H,1H3,(H,20,22,25). The van der Waals surface area contributed by atoms with Crippen LogP contribution in [0.3, 0.4) is 0 Å². The van der Waals surface area contributed by atoms with E-state index in [2.05, 4.69) is 20.4 Å². The number of amides is 1. The summed E-state index contributed by atoms with van der Waals surface area (Å²) in [6, 6.07) is 16.8. The van der Waals surface area contributed by atoms with Crippen LogP contribution in [0.2, 0.25) is 0 Å². The van der Waals surface area contributed by atoms with Gasteiger partial charge in [-0.25, -0.2) is 14.5 Å². The summed E-state index contributed by atoms with van der Waals surface area (Å²) >= 11 is 0. The molecule has 0 radical (unpaired) electrons. The van der Waals surface area contributed by atoms with Crippen LogP contribution < -0.4 is 5.32 Å². The molecule has 6 heteroatoms. The molecule has 0 aliphatic carbocycles. The summed E-state index contributed by atoms with van der Waals surface area (Å²) in [5.41, 5.74) is 3.93. The van der Waals surface area contributed by atoms with E-state index in [-0.39, 0.29) is 5.91 Å². The largest absolute Gasteiger partial charge is 0.305 e. The molecule has 0 saturated heterocycles. The molecule has 1 aromatic carbocycles. The summed E-state index contributed by atoms with van der Waals surface area (Å²) in [6.45, 7) is 2.03. The van der Waals surface area contributed by atoms with Crippen LogP contribution in [0.15, 0.2) is 67.0 Å². The average Bonchev–Trinajstić information content (AvgIpc) is 3.06. The molecule has 4 aromatic rings. The van der Waals surface area contributed by atoms with Gasteiger partial charge in [0.05, 0.1) is 5.69 Å². The van der Waals surface area contributed by atoms with Crippen LogP contribution in [0.5, 0.6) is 0 Å². The Bertz CT molecular complexity index is 1060. The number of aryl methyl sites for hydroxylation is 1. The first-order chi connectivity index (χ1) is 12.2. The summed E-state index contributed by atoms with van der Waals surface area (Å²) in [5, 5.41) is 7.35. The third-order valence-corrected chi connectivity index (χ3v) is 3.92. The van der Waals surface area contributed by atoms with Crippen LogP contribution in [0.1, 0.15) is 16.1 Å². The zero-order chi connectivity index (χ0) is 17.2. The number of carbonyl (C=O) groups is 1. The highest BCUT2D eigenvalue weighted by molar-refractivity contribution is 6.02. The number of nitrogens with zero attached hydrogens (tertiary/aromatic N) is 4. The summed E-state index contributed by atoms with van der Waals surface area (Å²) in [5.74, 6) is 0.203. The molecule has 0 aliphatic rings. The van der Waals surface area contributed by atoms with Crippen molar-refractivity contribution in [2.24, 2.45) is 0 Å². The van der Waals surface area contributed by atoms with E-state index in [9.17, 15) is 4.79 Å². The molecule has 122 valence electrons. The van der Waals surface area contributed by atoms with Crippen molar-refractivity contribution in [3.05, 3.63) is 78.2 Å². The van der Waals surface area contributed by atoms with Gasteiger partial charge in [0.1, 0.15) is 11.5 Å². The van der Waals surface area contributed by atoms with Gasteiger partial charge in [0.15, 0.2) is 5.65 Å². The predicted molar refractivity (Wildman–Crippen MR) is 95.4 cm³/mol. The number of hydrogen-bond donors (Lipinski definition) is 1. The van der Waals surface area contributed by atoms with Gasteiger partial charge in [0.2, 0.25) is 0 Å². The van der Waals surface area contributed by atoms with Gasteiger partial charge >= 0.3 is 0 Å². The molecule has 25 heavy (non-hydrogen) atoms. The molecule has 0 atom stereocenters. The first kappa shape index (κ1) is 15.0. The number of aromatic nitrogens is 4. The minimum atomic E-state index is -0.287. The van der Waals surface area contributed by atoms with Crippen LogP contribution in [0.4, 0.5) is 5.82 Å². The first-order valence-electron chi connectivity index (χ1n) is 7.85. The van der Waals surface area contributed by atoms with E-state index < -0.39 is 0 Å². The van der Waals surface area contributed by atoms with E-state index in [1.165, 1.54) is 0 Å². The summed E-state index contributed by atoms with van der Waals surface area (Å²) < 4.78 is 1.56. The van der Waals surface area contributed by atoms with Gasteiger partial charge in [-0.05, 0) is 30.7 Å². The number of carbonyl (C=O) groups excluding carboxylic acids is 1. The van der Waals surface area contributed by atoms with Gasteiger partial charge in [0.25, 0.3) is 5.91 Å². The van der Waals surface area contributed by atoms with E-state index in [0.29, 0.717) is 17.2 Å². The van der Waals surface area contributed by atoms with Gasteiger partial charge in [-0.1, -0.05) is 30.3 Å². The van der Waals surface area contributed by atoms with Gasteiger partial charge in [0, 0.05) is 24.0 Å². The van der Waals surface area contributed by atoms with Crippen molar-refractivity contribution >= 4 is 17.4 Å². The van der Waals surface area contributed by atoms with E-state index in [1.54, 1.807) is 35.1 Å². The normalized spacial score (nSPS) is 10.8. The molecule has 0 spiro atoms. The van der Waals surface area contributed by atoms with Crippen molar-refractivity contribution in [3.8, 4) is 11.3 Å². The molecular weight excluding hydrogens is 314 g/mol. The van der Waals surface area contributed by atoms with Crippen molar-refractivity contribution in [2.45, 2.75) is 6.92 Å². The van der Waals surface area contributed by atoms with Gasteiger partial charge in [-0.15, -0.1) is 0 Å². The number of fused-ring (bicyclic) bond motifs is 1. The lowest BCUT2D eigenvalue weighted by atomic mass is 10.1. The smallest absolute Gasteiger partial charge is 0.275 e. The Hall–Kier alpha value is -3.54. The second-order valence-electron chi connectivity index (χ2n) is 5.61. The first-order valence-corrected chi connectivity index (χ1v) is 7.85. The fourth-order valence-electron chi connectivity index (χ4n) is 2.68. The van der Waals surface area contributed by atoms with Gasteiger partial charge in [-0.3, -0.25) is 4.79 Å². The summed E-state index contributed by atoms with van der Waals surface area (Å²) in [4.78, 5) is 21.0. The van der Waals surface area contributed by atoms with Crippen LogP contribution in [0.25, 0.3) is 16.9 Å². The number of rotatable bonds is 3. The molecule has 3 aromatic heterocycles. The van der Waals surface area contributed by atoms with Gasteiger partial charge in [-0.2, -0.15) is 5.10 Å². The van der Waals surface area contributed by atoms with E-state index >= 15 is 0 Å². The molecule has 0 saturated carbocycles. The topological polar surface area (TPSA) is 72.2 Å². The highest BCUT2D eigenvalue weighted by Crippen LogP contribution is 2.23. The van der Waals surface area contributed by atoms with Crippen LogP contribution in [0, 0.1) is 6.92 Å². The maximum atomic E-state index is 12.6. The molecule has 1 amide bonds. The van der Waals surface area contributed by atoms with Gasteiger partial charge < -0.3 is 5.32 Å². The van der Waals surface area contributed by atoms with Crippen molar-refractivity contribution in [1.29, 1.82) is 0 Å². The van der Waals surface area contributed by atoms with E-state index in [1.807, 2.05) is 43.3 Å². The summed E-state index contributed by atoms with van der Waals surface area (Å²) in [6.07, 6.45) is 3.23. The van der Waals surface area contributed by atoms with E-state index in [4.69, 9.17) is 0 Å². The quantitative estimate of drug-likeness (QED) is 0.625. The monoisotopic (exact) mass is 329 g/mol. The fraction of sp³-hybridized carbons (Fsp3) is 0.0526. The van der Waals surface area contributed by atoms with Crippen molar-refractivity contribution < 1.29 is 4.79 Å². The Morgan fingerprint density at radius 3 is 2.64 bits per heavy atom. The predicted octanol–water partition coefficient (Wildman–Crippen LogP) is 3.35. The number of nitrogens with one attached hydrogen (secondary N) is 1. The molecule has 6 nitrogen and oxygen atoms in total. The molecule has 0 aliphatic heterocycles. The van der Waals surface area contributed by atoms with Crippen molar-refractivity contribution in [1.82, 2.24) is 19.6 Å². The zero-order valence-electron chi connectivity index (χ0n) is 13.5. The summed E-state index contributed by atoms with van der Waals surface area (Å²) in [7, 11) is 0. The third kappa shape index (κ3) is 2.85. The Kier molecular flexibility index (Phi) is 3.70. The highest BCUT2D eigenvalue weighted by Gasteiger charge is 2.15. The highest BCUT2D eigenvalue weighted by atomic mass is 16.2. The Labute approximate surface area is 144 Å². The lowest BCUT2D eigenvalue weighted by Crippen LogP contribution is -2.17. The number of anilines is 1. The Balaban J connectivity index is 1.75. The zero-order valence-corrected chi connectivity index (χ0v) is 13.5. The Morgan fingerprint density at radius 1 is 1.00 bits per heavy atom.